The van der Waals surface area contributed by atoms with Crippen LogP contribution in [0.25, 0.3) is 0 Å². The Labute approximate surface area is 113 Å². The molecule has 0 aromatic rings. The largest absolute Gasteiger partial charge is 0.299 e. The van der Waals surface area contributed by atoms with Crippen LogP contribution in [0, 0.1) is 23.7 Å². The van der Waals surface area contributed by atoms with E-state index in [1.54, 1.807) is 0 Å². The van der Waals surface area contributed by atoms with E-state index in [4.69, 9.17) is 0 Å². The Morgan fingerprint density at radius 2 is 1.11 bits per heavy atom. The van der Waals surface area contributed by atoms with Crippen molar-refractivity contribution in [1.82, 2.24) is 0 Å². The monoisotopic (exact) mass is 254 g/mol. The Bertz CT molecular complexity index is 244. The summed E-state index contributed by atoms with van der Waals surface area (Å²) in [5.41, 5.74) is 0. The third-order valence-corrected chi connectivity index (χ3v) is 3.69. The molecule has 0 aromatic heterocycles. The summed E-state index contributed by atoms with van der Waals surface area (Å²) in [6.45, 7) is 12.0. The fraction of sp³-hybridized carbons (Fsp3) is 0.875. The molecule has 0 bridgehead atoms. The van der Waals surface area contributed by atoms with E-state index >= 15 is 0 Å². The van der Waals surface area contributed by atoms with E-state index in [1.807, 2.05) is 27.7 Å². The summed E-state index contributed by atoms with van der Waals surface area (Å²) in [6.07, 6.45) is 3.77. The predicted molar refractivity (Wildman–Crippen MR) is 76.5 cm³/mol. The van der Waals surface area contributed by atoms with E-state index in [0.29, 0.717) is 0 Å². The summed E-state index contributed by atoms with van der Waals surface area (Å²) < 4.78 is 0. The zero-order valence-corrected chi connectivity index (χ0v) is 13.0. The van der Waals surface area contributed by atoms with E-state index in [1.165, 1.54) is 0 Å². The van der Waals surface area contributed by atoms with Gasteiger partial charge in [-0.3, -0.25) is 9.59 Å². The third-order valence-electron chi connectivity index (χ3n) is 3.69. The zero-order valence-electron chi connectivity index (χ0n) is 13.0. The van der Waals surface area contributed by atoms with Gasteiger partial charge in [-0.2, -0.15) is 0 Å². The summed E-state index contributed by atoms with van der Waals surface area (Å²) in [4.78, 5) is 24.8. The van der Waals surface area contributed by atoms with Gasteiger partial charge in [0.25, 0.3) is 0 Å². The fourth-order valence-electron chi connectivity index (χ4n) is 2.56. The highest BCUT2D eigenvalue weighted by Crippen LogP contribution is 2.25. The number of hydrogen-bond acceptors (Lipinski definition) is 2. The maximum absolute atomic E-state index is 12.4. The Balaban J connectivity index is 4.85. The van der Waals surface area contributed by atoms with Crippen LogP contribution in [0.15, 0.2) is 0 Å². The molecule has 0 saturated carbocycles. The van der Waals surface area contributed by atoms with Crippen LogP contribution < -0.4 is 0 Å². The van der Waals surface area contributed by atoms with Crippen LogP contribution in [0.1, 0.15) is 67.2 Å². The molecule has 0 aromatic carbocycles. The highest BCUT2D eigenvalue weighted by Gasteiger charge is 2.34. The summed E-state index contributed by atoms with van der Waals surface area (Å²) in [5, 5.41) is 0. The maximum Gasteiger partial charge on any atom is 0.146 e. The van der Waals surface area contributed by atoms with Gasteiger partial charge in [-0.25, -0.2) is 0 Å². The lowest BCUT2D eigenvalue weighted by molar-refractivity contribution is -0.138. The molecule has 0 saturated heterocycles. The van der Waals surface area contributed by atoms with Crippen molar-refractivity contribution >= 4 is 11.6 Å². The first-order valence-electron chi connectivity index (χ1n) is 7.44. The molecule has 0 aliphatic carbocycles. The lowest BCUT2D eigenvalue weighted by atomic mass is 9.77. The molecule has 0 amide bonds. The van der Waals surface area contributed by atoms with Crippen molar-refractivity contribution in [2.75, 3.05) is 0 Å². The van der Waals surface area contributed by atoms with Gasteiger partial charge in [0, 0.05) is 11.8 Å². The van der Waals surface area contributed by atoms with Crippen LogP contribution in [0.3, 0.4) is 0 Å². The third kappa shape index (κ3) is 4.91. The summed E-state index contributed by atoms with van der Waals surface area (Å²) in [5.74, 6) is 0.0525. The molecule has 0 radical (unpaired) electrons. The van der Waals surface area contributed by atoms with Crippen LogP contribution >= 0.6 is 0 Å². The second-order valence-corrected chi connectivity index (χ2v) is 5.91. The highest BCUT2D eigenvalue weighted by molar-refractivity contribution is 6.04. The Morgan fingerprint density at radius 1 is 0.778 bits per heavy atom. The molecule has 2 nitrogen and oxygen atoms in total. The van der Waals surface area contributed by atoms with E-state index in [2.05, 4.69) is 13.8 Å². The molecule has 18 heavy (non-hydrogen) atoms. The van der Waals surface area contributed by atoms with Crippen molar-refractivity contribution in [1.29, 1.82) is 0 Å². The van der Waals surface area contributed by atoms with Crippen molar-refractivity contribution in [3.63, 3.8) is 0 Å². The Kier molecular flexibility index (Phi) is 8.13. The predicted octanol–water partition coefficient (Wildman–Crippen LogP) is 4.27. The number of Topliss-reactive ketones (excluding diaryl/α,β-unsaturated/α-hetero) is 2. The van der Waals surface area contributed by atoms with Gasteiger partial charge in [-0.15, -0.1) is 0 Å². The van der Waals surface area contributed by atoms with E-state index in [9.17, 15) is 9.59 Å². The van der Waals surface area contributed by atoms with Crippen LogP contribution in [0.4, 0.5) is 0 Å². The highest BCUT2D eigenvalue weighted by atomic mass is 16.2. The summed E-state index contributed by atoms with van der Waals surface area (Å²) in [7, 11) is 0. The van der Waals surface area contributed by atoms with Gasteiger partial charge in [0.1, 0.15) is 11.6 Å². The first-order valence-corrected chi connectivity index (χ1v) is 7.44. The van der Waals surface area contributed by atoms with Crippen molar-refractivity contribution in [3.8, 4) is 0 Å². The van der Waals surface area contributed by atoms with Gasteiger partial charge >= 0.3 is 0 Å². The smallest absolute Gasteiger partial charge is 0.146 e. The Morgan fingerprint density at radius 3 is 1.33 bits per heavy atom. The van der Waals surface area contributed by atoms with Crippen molar-refractivity contribution < 1.29 is 9.59 Å². The number of carbonyl (C=O) groups is 2. The van der Waals surface area contributed by atoms with Crippen LogP contribution in [-0.2, 0) is 9.59 Å². The van der Waals surface area contributed by atoms with E-state index in [0.717, 1.165) is 25.7 Å². The van der Waals surface area contributed by atoms with Gasteiger partial charge in [-0.05, 0) is 18.8 Å². The summed E-state index contributed by atoms with van der Waals surface area (Å²) >= 11 is 0. The van der Waals surface area contributed by atoms with Crippen molar-refractivity contribution in [2.24, 2.45) is 23.7 Å². The lowest BCUT2D eigenvalue weighted by Crippen LogP contribution is -2.35. The molecular weight excluding hydrogens is 224 g/mol. The molecular formula is C16H30O2. The minimum atomic E-state index is -0.395. The molecule has 0 N–H and O–H groups in total. The molecule has 0 aliphatic heterocycles. The number of ketones is 2. The molecule has 0 rings (SSSR count). The van der Waals surface area contributed by atoms with Gasteiger partial charge in [0.15, 0.2) is 0 Å². The van der Waals surface area contributed by atoms with Gasteiger partial charge in [0.05, 0.1) is 5.92 Å². The number of carbonyl (C=O) groups excluding carboxylic acids is 2. The topological polar surface area (TPSA) is 34.1 Å². The zero-order chi connectivity index (χ0) is 14.3. The molecule has 2 unspecified atom stereocenters. The molecule has 106 valence electrons. The standard InChI is InChI=1S/C16H30O2/c1-7-9-12(5)15(17)14(11(3)4)16(18)13(6)10-8-2/h11-14H,7-10H2,1-6H3. The van der Waals surface area contributed by atoms with Gasteiger partial charge in [0.2, 0.25) is 0 Å². The fourth-order valence-corrected chi connectivity index (χ4v) is 2.56. The average molecular weight is 254 g/mol. The first-order chi connectivity index (χ1) is 8.36. The second-order valence-electron chi connectivity index (χ2n) is 5.91. The lowest BCUT2D eigenvalue weighted by Gasteiger charge is -2.24. The molecule has 0 aliphatic rings. The number of hydrogen-bond donors (Lipinski definition) is 0. The number of rotatable bonds is 9. The second kappa shape index (κ2) is 8.44. The van der Waals surface area contributed by atoms with Crippen LogP contribution in [0.5, 0.6) is 0 Å². The minimum absolute atomic E-state index is 0.0141. The molecule has 0 spiro atoms. The van der Waals surface area contributed by atoms with Crippen LogP contribution in [0.2, 0.25) is 0 Å². The van der Waals surface area contributed by atoms with Gasteiger partial charge in [-0.1, -0.05) is 54.4 Å². The molecule has 2 heteroatoms. The Hall–Kier alpha value is -0.660. The van der Waals surface area contributed by atoms with Crippen molar-refractivity contribution in [3.05, 3.63) is 0 Å². The maximum atomic E-state index is 12.4. The average Bonchev–Trinajstić information content (AvgIpc) is 2.29. The SMILES string of the molecule is CCCC(C)C(=O)C(C(=O)C(C)CCC)C(C)C. The normalized spacial score (nSPS) is 16.4. The van der Waals surface area contributed by atoms with Gasteiger partial charge < -0.3 is 0 Å². The summed E-state index contributed by atoms with van der Waals surface area (Å²) in [6, 6.07) is 0. The minimum Gasteiger partial charge on any atom is -0.299 e. The first kappa shape index (κ1) is 17.3. The molecule has 0 fully saturated rings. The van der Waals surface area contributed by atoms with Crippen LogP contribution in [-0.4, -0.2) is 11.6 Å². The van der Waals surface area contributed by atoms with Crippen molar-refractivity contribution in [2.45, 2.75) is 67.2 Å². The van der Waals surface area contributed by atoms with E-state index in [-0.39, 0.29) is 29.3 Å². The quantitative estimate of drug-likeness (QED) is 0.576. The molecule has 2 atom stereocenters. The molecule has 0 heterocycles. The van der Waals surface area contributed by atoms with E-state index < -0.39 is 5.92 Å².